The van der Waals surface area contributed by atoms with E-state index in [-0.39, 0.29) is 16.9 Å². The predicted octanol–water partition coefficient (Wildman–Crippen LogP) is -0.00780. The molecule has 1 aromatic heterocycles. The second kappa shape index (κ2) is 3.57. The standard InChI is InChI=1S/C6H8ClN3O2S/c1-13(11,12)6-9-3-4(2-8)5(7)10-6/h3H,2,8H2,1H3. The van der Waals surface area contributed by atoms with Crippen molar-refractivity contribution in [3.63, 3.8) is 0 Å². The SMILES string of the molecule is CS(=O)(=O)c1ncc(CN)c(Cl)n1. The van der Waals surface area contributed by atoms with Crippen LogP contribution in [0.5, 0.6) is 0 Å². The third-order valence-corrected chi connectivity index (χ3v) is 2.53. The van der Waals surface area contributed by atoms with Crippen molar-refractivity contribution in [1.82, 2.24) is 9.97 Å². The van der Waals surface area contributed by atoms with Gasteiger partial charge >= 0.3 is 0 Å². The van der Waals surface area contributed by atoms with E-state index in [1.807, 2.05) is 0 Å². The topological polar surface area (TPSA) is 85.9 Å². The van der Waals surface area contributed by atoms with Crippen LogP contribution in [0.25, 0.3) is 0 Å². The lowest BCUT2D eigenvalue weighted by molar-refractivity contribution is 0.592. The van der Waals surface area contributed by atoms with Crippen LogP contribution in [0.1, 0.15) is 5.56 Å². The van der Waals surface area contributed by atoms with Crippen LogP contribution in [-0.2, 0) is 16.4 Å². The van der Waals surface area contributed by atoms with Gasteiger partial charge < -0.3 is 5.73 Å². The summed E-state index contributed by atoms with van der Waals surface area (Å²) in [5.41, 5.74) is 5.82. The molecule has 1 aromatic rings. The number of rotatable bonds is 2. The van der Waals surface area contributed by atoms with Crippen molar-refractivity contribution in [1.29, 1.82) is 0 Å². The molecule has 0 saturated carbocycles. The van der Waals surface area contributed by atoms with E-state index in [1.165, 1.54) is 6.20 Å². The second-order valence-corrected chi connectivity index (χ2v) is 4.71. The van der Waals surface area contributed by atoms with Crippen molar-refractivity contribution in [3.8, 4) is 0 Å². The van der Waals surface area contributed by atoms with Gasteiger partial charge in [-0.15, -0.1) is 0 Å². The average molecular weight is 222 g/mol. The van der Waals surface area contributed by atoms with Gasteiger partial charge in [-0.05, 0) is 0 Å². The van der Waals surface area contributed by atoms with Gasteiger partial charge in [0, 0.05) is 24.6 Å². The van der Waals surface area contributed by atoms with Gasteiger partial charge in [-0.25, -0.2) is 18.4 Å². The Kier molecular flexibility index (Phi) is 2.84. The zero-order valence-electron chi connectivity index (χ0n) is 6.86. The van der Waals surface area contributed by atoms with Crippen LogP contribution in [0.3, 0.4) is 0 Å². The fraction of sp³-hybridized carbons (Fsp3) is 0.333. The zero-order chi connectivity index (χ0) is 10.1. The summed E-state index contributed by atoms with van der Waals surface area (Å²) in [6.07, 6.45) is 2.33. The van der Waals surface area contributed by atoms with Crippen molar-refractivity contribution in [3.05, 3.63) is 16.9 Å². The number of halogens is 1. The van der Waals surface area contributed by atoms with Crippen LogP contribution in [0, 0.1) is 0 Å². The van der Waals surface area contributed by atoms with Gasteiger partial charge in [-0.3, -0.25) is 0 Å². The molecule has 1 rings (SSSR count). The first-order valence-electron chi connectivity index (χ1n) is 3.36. The fourth-order valence-electron chi connectivity index (χ4n) is 0.687. The summed E-state index contributed by atoms with van der Waals surface area (Å²) in [6.45, 7) is 0.183. The summed E-state index contributed by atoms with van der Waals surface area (Å²) >= 11 is 5.64. The van der Waals surface area contributed by atoms with E-state index in [2.05, 4.69) is 9.97 Å². The van der Waals surface area contributed by atoms with E-state index in [0.29, 0.717) is 5.56 Å². The van der Waals surface area contributed by atoms with E-state index >= 15 is 0 Å². The minimum absolute atomic E-state index is 0.0814. The quantitative estimate of drug-likeness (QED) is 0.561. The summed E-state index contributed by atoms with van der Waals surface area (Å²) < 4.78 is 21.9. The molecule has 0 fully saturated rings. The maximum Gasteiger partial charge on any atom is 0.248 e. The number of sulfone groups is 1. The van der Waals surface area contributed by atoms with Crippen molar-refractivity contribution >= 4 is 21.4 Å². The number of aromatic nitrogens is 2. The largest absolute Gasteiger partial charge is 0.326 e. The first-order valence-corrected chi connectivity index (χ1v) is 5.63. The van der Waals surface area contributed by atoms with Gasteiger partial charge in [0.05, 0.1) is 0 Å². The summed E-state index contributed by atoms with van der Waals surface area (Å²) in [5, 5.41) is -0.201. The lowest BCUT2D eigenvalue weighted by atomic mass is 10.3. The van der Waals surface area contributed by atoms with Gasteiger partial charge in [0.25, 0.3) is 0 Å². The Hall–Kier alpha value is -0.720. The molecule has 0 unspecified atom stereocenters. The number of hydrogen-bond acceptors (Lipinski definition) is 5. The van der Waals surface area contributed by atoms with Crippen LogP contribution in [0.4, 0.5) is 0 Å². The van der Waals surface area contributed by atoms with Crippen LogP contribution in [0.15, 0.2) is 11.4 Å². The molecule has 0 aliphatic heterocycles. The molecule has 0 bridgehead atoms. The summed E-state index contributed by atoms with van der Waals surface area (Å²) in [6, 6.07) is 0. The molecule has 0 saturated heterocycles. The number of nitrogens with zero attached hydrogens (tertiary/aromatic N) is 2. The maximum absolute atomic E-state index is 11.0. The zero-order valence-corrected chi connectivity index (χ0v) is 8.43. The molecule has 0 aliphatic carbocycles. The molecule has 0 aliphatic rings. The Balaban J connectivity index is 3.26. The van der Waals surface area contributed by atoms with Crippen LogP contribution >= 0.6 is 11.6 Å². The molecule has 2 N–H and O–H groups in total. The van der Waals surface area contributed by atoms with Crippen LogP contribution in [-0.4, -0.2) is 24.6 Å². The summed E-state index contributed by atoms with van der Waals surface area (Å²) in [4.78, 5) is 7.22. The Morgan fingerprint density at radius 2 is 2.23 bits per heavy atom. The van der Waals surface area contributed by atoms with Gasteiger partial charge in [0.2, 0.25) is 15.0 Å². The smallest absolute Gasteiger partial charge is 0.248 e. The minimum Gasteiger partial charge on any atom is -0.326 e. The predicted molar refractivity (Wildman–Crippen MR) is 48.0 cm³/mol. The first kappa shape index (κ1) is 10.4. The molecule has 7 heteroatoms. The summed E-state index contributed by atoms with van der Waals surface area (Å²) in [5.74, 6) is 0. The van der Waals surface area contributed by atoms with Gasteiger partial charge in [-0.2, -0.15) is 0 Å². The monoisotopic (exact) mass is 221 g/mol. The second-order valence-electron chi connectivity index (χ2n) is 2.44. The van der Waals surface area contributed by atoms with Crippen molar-refractivity contribution in [2.24, 2.45) is 5.73 Å². The molecular weight excluding hydrogens is 214 g/mol. The Labute approximate surface area is 80.9 Å². The molecular formula is C6H8ClN3O2S. The van der Waals surface area contributed by atoms with Crippen molar-refractivity contribution in [2.75, 3.05) is 6.26 Å². The molecule has 1 heterocycles. The summed E-state index contributed by atoms with van der Waals surface area (Å²) in [7, 11) is -3.40. The molecule has 0 amide bonds. The van der Waals surface area contributed by atoms with Crippen LogP contribution in [0.2, 0.25) is 5.15 Å². The van der Waals surface area contributed by atoms with Crippen molar-refractivity contribution < 1.29 is 8.42 Å². The molecule has 0 aromatic carbocycles. The molecule has 72 valence electrons. The van der Waals surface area contributed by atoms with Gasteiger partial charge in [0.1, 0.15) is 5.15 Å². The van der Waals surface area contributed by atoms with Gasteiger partial charge in [-0.1, -0.05) is 11.6 Å². The third kappa shape index (κ3) is 2.36. The minimum atomic E-state index is -3.40. The van der Waals surface area contributed by atoms with E-state index in [9.17, 15) is 8.42 Å². The number of hydrogen-bond donors (Lipinski definition) is 1. The van der Waals surface area contributed by atoms with Crippen LogP contribution < -0.4 is 5.73 Å². The Bertz CT molecular complexity index is 418. The molecule has 5 nitrogen and oxygen atoms in total. The van der Waals surface area contributed by atoms with Crippen molar-refractivity contribution in [2.45, 2.75) is 11.7 Å². The molecule has 0 spiro atoms. The molecule has 0 radical (unpaired) electrons. The highest BCUT2D eigenvalue weighted by Crippen LogP contribution is 2.12. The maximum atomic E-state index is 11.0. The Morgan fingerprint density at radius 3 is 2.62 bits per heavy atom. The normalized spacial score (nSPS) is 11.6. The molecule has 13 heavy (non-hydrogen) atoms. The number of nitrogens with two attached hydrogens (primary N) is 1. The highest BCUT2D eigenvalue weighted by atomic mass is 35.5. The lowest BCUT2D eigenvalue weighted by Gasteiger charge is -2.00. The highest BCUT2D eigenvalue weighted by Gasteiger charge is 2.12. The van der Waals surface area contributed by atoms with E-state index in [0.717, 1.165) is 6.26 Å². The van der Waals surface area contributed by atoms with E-state index in [1.54, 1.807) is 0 Å². The average Bonchev–Trinajstić information content (AvgIpc) is 2.02. The first-order chi connectivity index (χ1) is 5.95. The van der Waals surface area contributed by atoms with Gasteiger partial charge in [0.15, 0.2) is 0 Å². The van der Waals surface area contributed by atoms with E-state index < -0.39 is 9.84 Å². The fourth-order valence-corrected chi connectivity index (χ4v) is 1.44. The van der Waals surface area contributed by atoms with E-state index in [4.69, 9.17) is 17.3 Å². The highest BCUT2D eigenvalue weighted by molar-refractivity contribution is 7.90. The third-order valence-electron chi connectivity index (χ3n) is 1.34. The Morgan fingerprint density at radius 1 is 1.62 bits per heavy atom. The lowest BCUT2D eigenvalue weighted by Crippen LogP contribution is -2.07. The molecule has 0 atom stereocenters.